The van der Waals surface area contributed by atoms with E-state index >= 15 is 0 Å². The molecular weight excluding hydrogens is 198 g/mol. The third-order valence-electron chi connectivity index (χ3n) is 2.01. The van der Waals surface area contributed by atoms with Crippen molar-refractivity contribution in [1.29, 1.82) is 0 Å². The maximum atomic E-state index is 11.3. The van der Waals surface area contributed by atoms with Crippen LogP contribution in [0, 0.1) is 0 Å². The lowest BCUT2D eigenvalue weighted by Crippen LogP contribution is -2.05. The number of carbonyl (C=O) groups is 1. The molecule has 0 fully saturated rings. The number of hydrogen-bond acceptors (Lipinski definition) is 5. The summed E-state index contributed by atoms with van der Waals surface area (Å²) in [6, 6.07) is 2.88. The number of nitrogens with two attached hydrogens (primary N) is 1. The Morgan fingerprint density at radius 1 is 1.47 bits per heavy atom. The molecule has 1 aromatic carbocycles. The van der Waals surface area contributed by atoms with Gasteiger partial charge >= 0.3 is 5.97 Å². The van der Waals surface area contributed by atoms with Crippen LogP contribution in [0.2, 0.25) is 0 Å². The normalized spacial score (nSPS) is 9.80. The predicted octanol–water partition coefficient (Wildman–Crippen LogP) is 0.646. The fourth-order valence-corrected chi connectivity index (χ4v) is 1.21. The Balaban J connectivity index is 3.26. The summed E-state index contributed by atoms with van der Waals surface area (Å²) in [7, 11) is 2.68. The first-order valence-electron chi connectivity index (χ1n) is 4.32. The average molecular weight is 211 g/mol. The summed E-state index contributed by atoms with van der Waals surface area (Å²) in [5, 5.41) is 9.61. The molecule has 0 atom stereocenters. The highest BCUT2D eigenvalue weighted by molar-refractivity contribution is 5.90. The summed E-state index contributed by atoms with van der Waals surface area (Å²) in [4.78, 5) is 11.3. The number of ether oxygens (including phenoxy) is 2. The number of esters is 1. The molecule has 1 rings (SSSR count). The van der Waals surface area contributed by atoms with Crippen LogP contribution in [0.15, 0.2) is 12.1 Å². The summed E-state index contributed by atoms with van der Waals surface area (Å²) >= 11 is 0. The fraction of sp³-hybridized carbons (Fsp3) is 0.300. The van der Waals surface area contributed by atoms with E-state index in [1.54, 1.807) is 0 Å². The van der Waals surface area contributed by atoms with E-state index in [9.17, 15) is 9.90 Å². The van der Waals surface area contributed by atoms with Crippen LogP contribution < -0.4 is 10.5 Å². The van der Waals surface area contributed by atoms with Crippen molar-refractivity contribution >= 4 is 5.97 Å². The zero-order chi connectivity index (χ0) is 11.4. The second-order valence-corrected chi connectivity index (χ2v) is 2.88. The predicted molar refractivity (Wildman–Crippen MR) is 53.9 cm³/mol. The maximum Gasteiger partial charge on any atom is 0.337 e. The minimum atomic E-state index is -0.497. The van der Waals surface area contributed by atoms with E-state index in [0.717, 1.165) is 0 Å². The van der Waals surface area contributed by atoms with Crippen molar-refractivity contribution in [2.45, 2.75) is 6.54 Å². The van der Waals surface area contributed by atoms with Gasteiger partial charge in [-0.15, -0.1) is 0 Å². The van der Waals surface area contributed by atoms with Gasteiger partial charge in [0.15, 0.2) is 11.5 Å². The van der Waals surface area contributed by atoms with Gasteiger partial charge < -0.3 is 20.3 Å². The van der Waals surface area contributed by atoms with Crippen molar-refractivity contribution < 1.29 is 19.4 Å². The van der Waals surface area contributed by atoms with Gasteiger partial charge in [0.25, 0.3) is 0 Å². The summed E-state index contributed by atoms with van der Waals surface area (Å²) < 4.78 is 9.47. The minimum absolute atomic E-state index is 0.0485. The van der Waals surface area contributed by atoms with E-state index in [1.165, 1.54) is 26.4 Å². The molecule has 0 aromatic heterocycles. The molecule has 3 N–H and O–H groups in total. The second kappa shape index (κ2) is 4.65. The van der Waals surface area contributed by atoms with Crippen LogP contribution in [0.5, 0.6) is 11.5 Å². The molecule has 82 valence electrons. The molecular formula is C10H13NO4. The Hall–Kier alpha value is -1.75. The first-order valence-corrected chi connectivity index (χ1v) is 4.32. The zero-order valence-electron chi connectivity index (χ0n) is 8.61. The maximum absolute atomic E-state index is 11.3. The van der Waals surface area contributed by atoms with Crippen LogP contribution in [0.4, 0.5) is 0 Å². The van der Waals surface area contributed by atoms with Crippen molar-refractivity contribution in [1.82, 2.24) is 0 Å². The van der Waals surface area contributed by atoms with Gasteiger partial charge in [0, 0.05) is 12.1 Å². The third-order valence-corrected chi connectivity index (χ3v) is 2.01. The molecule has 0 bridgehead atoms. The molecule has 1 aromatic rings. The summed E-state index contributed by atoms with van der Waals surface area (Å²) in [5.41, 5.74) is 6.16. The smallest absolute Gasteiger partial charge is 0.337 e. The molecule has 5 nitrogen and oxygen atoms in total. The highest BCUT2D eigenvalue weighted by atomic mass is 16.5. The van der Waals surface area contributed by atoms with Crippen LogP contribution in [0.3, 0.4) is 0 Å². The van der Waals surface area contributed by atoms with Gasteiger partial charge in [0.2, 0.25) is 0 Å². The number of carbonyl (C=O) groups excluding carboxylic acids is 1. The monoisotopic (exact) mass is 211 g/mol. The molecule has 0 aliphatic heterocycles. The molecule has 0 saturated carbocycles. The SMILES string of the molecule is COC(=O)c1cc(CN)c(O)c(OC)c1. The molecule has 0 saturated heterocycles. The van der Waals surface area contributed by atoms with Crippen molar-refractivity contribution in [3.8, 4) is 11.5 Å². The molecule has 5 heteroatoms. The van der Waals surface area contributed by atoms with E-state index in [-0.39, 0.29) is 18.0 Å². The van der Waals surface area contributed by atoms with Crippen molar-refractivity contribution in [2.24, 2.45) is 5.73 Å². The van der Waals surface area contributed by atoms with Gasteiger partial charge in [0.1, 0.15) is 0 Å². The molecule has 15 heavy (non-hydrogen) atoms. The van der Waals surface area contributed by atoms with Crippen molar-refractivity contribution in [2.75, 3.05) is 14.2 Å². The Kier molecular flexibility index (Phi) is 3.51. The number of hydrogen-bond donors (Lipinski definition) is 2. The number of phenols is 1. The van der Waals surface area contributed by atoms with E-state index in [0.29, 0.717) is 11.1 Å². The van der Waals surface area contributed by atoms with Crippen LogP contribution in [-0.4, -0.2) is 25.3 Å². The Bertz CT molecular complexity index is 351. The van der Waals surface area contributed by atoms with E-state index in [1.807, 2.05) is 0 Å². The molecule has 0 heterocycles. The van der Waals surface area contributed by atoms with Crippen LogP contribution in [-0.2, 0) is 11.3 Å². The molecule has 0 aliphatic rings. The van der Waals surface area contributed by atoms with Crippen molar-refractivity contribution in [3.05, 3.63) is 23.3 Å². The second-order valence-electron chi connectivity index (χ2n) is 2.88. The van der Waals surface area contributed by atoms with E-state index in [4.69, 9.17) is 10.5 Å². The van der Waals surface area contributed by atoms with Gasteiger partial charge in [-0.05, 0) is 12.1 Å². The van der Waals surface area contributed by atoms with E-state index < -0.39 is 5.97 Å². The molecule has 0 aliphatic carbocycles. The lowest BCUT2D eigenvalue weighted by molar-refractivity contribution is 0.0600. The van der Waals surface area contributed by atoms with Gasteiger partial charge in [0.05, 0.1) is 19.8 Å². The van der Waals surface area contributed by atoms with E-state index in [2.05, 4.69) is 4.74 Å². The molecule has 0 spiro atoms. The molecule has 0 amide bonds. The Labute approximate surface area is 87.4 Å². The van der Waals surface area contributed by atoms with Gasteiger partial charge in [-0.25, -0.2) is 4.79 Å². The summed E-state index contributed by atoms with van der Waals surface area (Å²) in [6.45, 7) is 0.118. The quantitative estimate of drug-likeness (QED) is 0.717. The number of methoxy groups -OCH3 is 2. The Morgan fingerprint density at radius 2 is 2.13 bits per heavy atom. The number of rotatable bonds is 3. The van der Waals surface area contributed by atoms with Gasteiger partial charge in [-0.1, -0.05) is 0 Å². The van der Waals surface area contributed by atoms with Gasteiger partial charge in [-0.2, -0.15) is 0 Å². The summed E-state index contributed by atoms with van der Waals surface area (Å²) in [6.07, 6.45) is 0. The molecule has 0 radical (unpaired) electrons. The highest BCUT2D eigenvalue weighted by Gasteiger charge is 2.14. The fourth-order valence-electron chi connectivity index (χ4n) is 1.21. The van der Waals surface area contributed by atoms with Crippen LogP contribution in [0.25, 0.3) is 0 Å². The largest absolute Gasteiger partial charge is 0.504 e. The number of phenolic OH excluding ortho intramolecular Hbond substituents is 1. The molecule has 0 unspecified atom stereocenters. The Morgan fingerprint density at radius 3 is 2.60 bits per heavy atom. The first-order chi connectivity index (χ1) is 7.13. The topological polar surface area (TPSA) is 81.8 Å². The van der Waals surface area contributed by atoms with Crippen molar-refractivity contribution in [3.63, 3.8) is 0 Å². The average Bonchev–Trinajstić information content (AvgIpc) is 2.28. The lowest BCUT2D eigenvalue weighted by atomic mass is 10.1. The van der Waals surface area contributed by atoms with Crippen LogP contribution in [0.1, 0.15) is 15.9 Å². The lowest BCUT2D eigenvalue weighted by Gasteiger charge is -2.09. The zero-order valence-corrected chi connectivity index (χ0v) is 8.61. The summed E-state index contributed by atoms with van der Waals surface area (Å²) in [5.74, 6) is -0.339. The highest BCUT2D eigenvalue weighted by Crippen LogP contribution is 2.31. The number of benzene rings is 1. The minimum Gasteiger partial charge on any atom is -0.504 e. The first kappa shape index (κ1) is 11.3. The third kappa shape index (κ3) is 2.19. The van der Waals surface area contributed by atoms with Gasteiger partial charge in [-0.3, -0.25) is 0 Å². The van der Waals surface area contributed by atoms with Crippen LogP contribution >= 0.6 is 0 Å². The standard InChI is InChI=1S/C10H13NO4/c1-14-8-4-6(10(13)15-2)3-7(5-11)9(8)12/h3-4,12H,5,11H2,1-2H3. The number of aromatic hydroxyl groups is 1.